The van der Waals surface area contributed by atoms with Gasteiger partial charge in [-0.3, -0.25) is 4.79 Å². The van der Waals surface area contributed by atoms with Crippen LogP contribution in [0.25, 0.3) is 0 Å². The third-order valence-corrected chi connectivity index (χ3v) is 5.87. The molecule has 1 saturated heterocycles. The van der Waals surface area contributed by atoms with Crippen LogP contribution in [0.15, 0.2) is 48.5 Å². The molecule has 2 heterocycles. The van der Waals surface area contributed by atoms with Gasteiger partial charge in [0.25, 0.3) is 0 Å². The maximum Gasteiger partial charge on any atom is 0.410 e. The van der Waals surface area contributed by atoms with Crippen LogP contribution in [-0.4, -0.2) is 35.6 Å². The van der Waals surface area contributed by atoms with Crippen LogP contribution in [0.4, 0.5) is 14.9 Å². The summed E-state index contributed by atoms with van der Waals surface area (Å²) in [5.41, 5.74) is 1.13. The average Bonchev–Trinajstić information content (AvgIpc) is 2.90. The monoisotopic (exact) mass is 410 g/mol. The van der Waals surface area contributed by atoms with Crippen molar-refractivity contribution in [2.75, 3.05) is 18.0 Å². The number of ether oxygens (including phenoxy) is 1. The molecule has 0 radical (unpaired) electrons. The number of likely N-dealkylation sites (tertiary alicyclic amines) is 1. The zero-order chi connectivity index (χ0) is 21.5. The van der Waals surface area contributed by atoms with Crippen LogP contribution < -0.4 is 4.90 Å². The van der Waals surface area contributed by atoms with Crippen molar-refractivity contribution < 1.29 is 18.7 Å². The molecule has 0 aromatic heterocycles. The topological polar surface area (TPSA) is 49.9 Å². The molecule has 2 aromatic rings. The largest absolute Gasteiger partial charge is 0.444 e. The van der Waals surface area contributed by atoms with E-state index in [-0.39, 0.29) is 17.8 Å². The number of hydrogen-bond donors (Lipinski definition) is 0. The number of fused-ring (bicyclic) bond motifs is 2. The van der Waals surface area contributed by atoms with E-state index in [1.54, 1.807) is 15.9 Å². The Morgan fingerprint density at radius 1 is 1.10 bits per heavy atom. The second kappa shape index (κ2) is 7.42. The maximum absolute atomic E-state index is 14.2. The van der Waals surface area contributed by atoms with E-state index in [1.807, 2.05) is 51.1 Å². The minimum absolute atomic E-state index is 0.0178. The summed E-state index contributed by atoms with van der Waals surface area (Å²) in [5, 5.41) is 0. The van der Waals surface area contributed by atoms with E-state index in [9.17, 15) is 14.0 Å². The molecule has 5 nitrogen and oxygen atoms in total. The Bertz CT molecular complexity index is 960. The van der Waals surface area contributed by atoms with Crippen LogP contribution in [0, 0.1) is 5.82 Å². The molecular weight excluding hydrogens is 383 g/mol. The van der Waals surface area contributed by atoms with Crippen LogP contribution in [0.1, 0.15) is 44.7 Å². The highest BCUT2D eigenvalue weighted by Crippen LogP contribution is 2.48. The fraction of sp³-hybridized carbons (Fsp3) is 0.417. The third-order valence-electron chi connectivity index (χ3n) is 5.87. The third kappa shape index (κ3) is 3.66. The van der Waals surface area contributed by atoms with Crippen molar-refractivity contribution in [2.45, 2.75) is 51.2 Å². The summed E-state index contributed by atoms with van der Waals surface area (Å²) in [4.78, 5) is 29.5. The van der Waals surface area contributed by atoms with Crippen LogP contribution in [-0.2, 0) is 21.5 Å². The Hall–Kier alpha value is -2.89. The fourth-order valence-electron chi connectivity index (χ4n) is 4.41. The van der Waals surface area contributed by atoms with Crippen molar-refractivity contribution in [3.05, 3.63) is 65.5 Å². The van der Waals surface area contributed by atoms with E-state index in [4.69, 9.17) is 4.74 Å². The van der Waals surface area contributed by atoms with Gasteiger partial charge in [0.05, 0.1) is 12.0 Å². The van der Waals surface area contributed by atoms with Crippen molar-refractivity contribution in [3.63, 3.8) is 0 Å². The van der Waals surface area contributed by atoms with Crippen LogP contribution in [0.2, 0.25) is 0 Å². The summed E-state index contributed by atoms with van der Waals surface area (Å²) in [7, 11) is 0. The zero-order valence-electron chi connectivity index (χ0n) is 17.7. The van der Waals surface area contributed by atoms with Gasteiger partial charge in [-0.2, -0.15) is 0 Å². The fourth-order valence-corrected chi connectivity index (χ4v) is 4.41. The van der Waals surface area contributed by atoms with Crippen molar-refractivity contribution >= 4 is 17.7 Å². The summed E-state index contributed by atoms with van der Waals surface area (Å²) in [5.74, 6) is -0.368. The van der Waals surface area contributed by atoms with Gasteiger partial charge in [0.15, 0.2) is 0 Å². The van der Waals surface area contributed by atoms with Gasteiger partial charge in [-0.1, -0.05) is 30.3 Å². The number of hydrogen-bond acceptors (Lipinski definition) is 3. The molecule has 0 N–H and O–H groups in total. The maximum atomic E-state index is 14.2. The van der Waals surface area contributed by atoms with Crippen molar-refractivity contribution in [2.24, 2.45) is 0 Å². The summed E-state index contributed by atoms with van der Waals surface area (Å²) in [6, 6.07) is 14.4. The van der Waals surface area contributed by atoms with Crippen LogP contribution in [0.5, 0.6) is 0 Å². The SMILES string of the molecule is CC(C)(C)OC(=O)N1CCC2(CC1)C(=O)N(Cc1ccccc1)c1ccc(F)cc12. The standard InChI is InChI=1S/C24H27FN2O3/c1-23(2,3)30-22(29)26-13-11-24(12-14-26)19-15-18(25)9-10-20(19)27(21(24)28)16-17-7-5-4-6-8-17/h4-10,15H,11-14,16H2,1-3H3. The molecule has 0 unspecified atom stereocenters. The normalized spacial score (nSPS) is 17.9. The molecule has 0 atom stereocenters. The number of carbonyl (C=O) groups excluding carboxylic acids is 2. The number of nitrogens with zero attached hydrogens (tertiary/aromatic N) is 2. The number of anilines is 1. The first-order valence-electron chi connectivity index (χ1n) is 10.3. The molecule has 2 aliphatic rings. The van der Waals surface area contributed by atoms with Gasteiger partial charge in [-0.15, -0.1) is 0 Å². The van der Waals surface area contributed by atoms with Gasteiger partial charge < -0.3 is 14.5 Å². The number of piperidine rings is 1. The van der Waals surface area contributed by atoms with E-state index in [1.165, 1.54) is 12.1 Å². The van der Waals surface area contributed by atoms with Gasteiger partial charge in [0.1, 0.15) is 11.4 Å². The second-order valence-electron chi connectivity index (χ2n) is 9.09. The van der Waals surface area contributed by atoms with Crippen molar-refractivity contribution in [1.82, 2.24) is 4.90 Å². The van der Waals surface area contributed by atoms with E-state index in [0.717, 1.165) is 16.8 Å². The van der Waals surface area contributed by atoms with E-state index in [2.05, 4.69) is 0 Å². The Morgan fingerprint density at radius 2 is 1.77 bits per heavy atom. The lowest BCUT2D eigenvalue weighted by Gasteiger charge is -2.39. The quantitative estimate of drug-likeness (QED) is 0.725. The first-order chi connectivity index (χ1) is 14.2. The number of halogens is 1. The Balaban J connectivity index is 1.60. The molecule has 0 saturated carbocycles. The molecule has 1 fully saturated rings. The molecule has 0 aliphatic carbocycles. The lowest BCUT2D eigenvalue weighted by atomic mass is 9.73. The molecule has 4 rings (SSSR count). The molecule has 2 amide bonds. The molecular formula is C24H27FN2O3. The van der Waals surface area contributed by atoms with Gasteiger partial charge in [-0.25, -0.2) is 9.18 Å². The molecule has 1 spiro atoms. The van der Waals surface area contributed by atoms with E-state index < -0.39 is 11.0 Å². The molecule has 2 aliphatic heterocycles. The van der Waals surface area contributed by atoms with Gasteiger partial charge >= 0.3 is 6.09 Å². The summed E-state index contributed by atoms with van der Waals surface area (Å²) < 4.78 is 19.6. The second-order valence-corrected chi connectivity index (χ2v) is 9.09. The lowest BCUT2D eigenvalue weighted by molar-refractivity contribution is -0.125. The molecule has 158 valence electrons. The minimum Gasteiger partial charge on any atom is -0.444 e. The summed E-state index contributed by atoms with van der Waals surface area (Å²) >= 11 is 0. The van der Waals surface area contributed by atoms with Crippen LogP contribution in [0.3, 0.4) is 0 Å². The Labute approximate surface area is 176 Å². The average molecular weight is 410 g/mol. The van der Waals surface area contributed by atoms with E-state index >= 15 is 0 Å². The van der Waals surface area contributed by atoms with E-state index in [0.29, 0.717) is 32.5 Å². The first-order valence-corrected chi connectivity index (χ1v) is 10.3. The number of amides is 2. The van der Waals surface area contributed by atoms with Gasteiger partial charge in [0, 0.05) is 18.8 Å². The number of benzene rings is 2. The molecule has 30 heavy (non-hydrogen) atoms. The summed E-state index contributed by atoms with van der Waals surface area (Å²) in [6.45, 7) is 6.73. The van der Waals surface area contributed by atoms with Crippen molar-refractivity contribution in [1.29, 1.82) is 0 Å². The number of carbonyl (C=O) groups is 2. The minimum atomic E-state index is -0.801. The van der Waals surface area contributed by atoms with Crippen molar-refractivity contribution in [3.8, 4) is 0 Å². The highest BCUT2D eigenvalue weighted by atomic mass is 19.1. The molecule has 2 aromatic carbocycles. The Morgan fingerprint density at radius 3 is 2.40 bits per heavy atom. The van der Waals surface area contributed by atoms with Gasteiger partial charge in [-0.05, 0) is 62.9 Å². The zero-order valence-corrected chi connectivity index (χ0v) is 17.7. The Kier molecular flexibility index (Phi) is 5.04. The van der Waals surface area contributed by atoms with Crippen LogP contribution >= 0.6 is 0 Å². The highest BCUT2D eigenvalue weighted by Gasteiger charge is 2.52. The predicted octanol–water partition coefficient (Wildman–Crippen LogP) is 4.64. The highest BCUT2D eigenvalue weighted by molar-refractivity contribution is 6.08. The molecule has 6 heteroatoms. The molecule has 0 bridgehead atoms. The summed E-state index contributed by atoms with van der Waals surface area (Å²) in [6.07, 6.45) is 0.531. The lowest BCUT2D eigenvalue weighted by Crippen LogP contribution is -2.50. The number of rotatable bonds is 2. The smallest absolute Gasteiger partial charge is 0.410 e. The first kappa shape index (κ1) is 20.4. The predicted molar refractivity (Wildman–Crippen MR) is 113 cm³/mol. The van der Waals surface area contributed by atoms with Gasteiger partial charge in [0.2, 0.25) is 5.91 Å².